The molecule has 0 saturated carbocycles. The number of esters is 1. The van der Waals surface area contributed by atoms with Crippen molar-refractivity contribution in [1.29, 1.82) is 5.41 Å². The number of nitrogens with one attached hydrogen (secondary N) is 1. The van der Waals surface area contributed by atoms with Crippen molar-refractivity contribution in [3.8, 4) is 0 Å². The number of nitrogens with zero attached hydrogens (tertiary/aromatic N) is 1. The normalized spacial score (nSPS) is 12.9. The van der Waals surface area contributed by atoms with Crippen LogP contribution in [0.15, 0.2) is 18.3 Å². The molecular weight excluding hydrogens is 216 g/mol. The van der Waals surface area contributed by atoms with Crippen LogP contribution in [0.25, 0.3) is 0 Å². The SMILES string of the molecule is Cc1ccnc(C(C=N)C(=O)OC(C)(C)C)c1. The molecule has 1 N–H and O–H groups in total. The molecule has 0 fully saturated rings. The zero-order valence-electron chi connectivity index (χ0n) is 10.7. The van der Waals surface area contributed by atoms with Crippen molar-refractivity contribution in [2.45, 2.75) is 39.2 Å². The monoisotopic (exact) mass is 234 g/mol. The lowest BCUT2D eigenvalue weighted by atomic mass is 10.0. The molecule has 1 rings (SSSR count). The second-order valence-electron chi connectivity index (χ2n) is 4.94. The molecule has 0 spiro atoms. The molecule has 1 unspecified atom stereocenters. The highest BCUT2D eigenvalue weighted by Crippen LogP contribution is 2.18. The molecule has 4 nitrogen and oxygen atoms in total. The smallest absolute Gasteiger partial charge is 0.321 e. The summed E-state index contributed by atoms with van der Waals surface area (Å²) in [5.41, 5.74) is 1.00. The van der Waals surface area contributed by atoms with Gasteiger partial charge in [0.05, 0.1) is 5.69 Å². The molecule has 0 aliphatic carbocycles. The van der Waals surface area contributed by atoms with E-state index in [-0.39, 0.29) is 0 Å². The van der Waals surface area contributed by atoms with E-state index in [9.17, 15) is 4.79 Å². The van der Waals surface area contributed by atoms with Gasteiger partial charge < -0.3 is 10.1 Å². The number of hydrogen-bond donors (Lipinski definition) is 1. The summed E-state index contributed by atoms with van der Waals surface area (Å²) in [6.45, 7) is 7.32. The molecule has 1 aromatic heterocycles. The first-order valence-corrected chi connectivity index (χ1v) is 5.49. The van der Waals surface area contributed by atoms with Crippen LogP contribution in [0.5, 0.6) is 0 Å². The summed E-state index contributed by atoms with van der Waals surface area (Å²) in [6.07, 6.45) is 2.70. The maximum absolute atomic E-state index is 11.9. The zero-order valence-corrected chi connectivity index (χ0v) is 10.7. The number of rotatable bonds is 3. The molecule has 17 heavy (non-hydrogen) atoms. The average molecular weight is 234 g/mol. The maximum Gasteiger partial charge on any atom is 0.321 e. The van der Waals surface area contributed by atoms with Crippen molar-refractivity contribution < 1.29 is 9.53 Å². The summed E-state index contributed by atoms with van der Waals surface area (Å²) in [4.78, 5) is 16.0. The van der Waals surface area contributed by atoms with Crippen LogP contribution in [-0.2, 0) is 9.53 Å². The first kappa shape index (κ1) is 13.4. The molecule has 4 heteroatoms. The van der Waals surface area contributed by atoms with Gasteiger partial charge in [-0.2, -0.15) is 0 Å². The second-order valence-corrected chi connectivity index (χ2v) is 4.94. The molecule has 0 aliphatic rings. The minimum Gasteiger partial charge on any atom is -0.459 e. The minimum absolute atomic E-state index is 0.439. The van der Waals surface area contributed by atoms with E-state index in [2.05, 4.69) is 4.98 Å². The first-order valence-electron chi connectivity index (χ1n) is 5.49. The van der Waals surface area contributed by atoms with Crippen molar-refractivity contribution >= 4 is 12.2 Å². The Morgan fingerprint density at radius 2 is 2.18 bits per heavy atom. The largest absolute Gasteiger partial charge is 0.459 e. The van der Waals surface area contributed by atoms with Gasteiger partial charge in [0.15, 0.2) is 0 Å². The van der Waals surface area contributed by atoms with E-state index in [0.29, 0.717) is 5.69 Å². The number of pyridine rings is 1. The van der Waals surface area contributed by atoms with Crippen molar-refractivity contribution in [3.63, 3.8) is 0 Å². The zero-order chi connectivity index (χ0) is 13.1. The van der Waals surface area contributed by atoms with Crippen LogP contribution in [-0.4, -0.2) is 22.8 Å². The van der Waals surface area contributed by atoms with E-state index in [1.54, 1.807) is 33.0 Å². The number of hydrogen-bond acceptors (Lipinski definition) is 4. The van der Waals surface area contributed by atoms with Gasteiger partial charge in [0, 0.05) is 12.4 Å². The molecule has 0 bridgehead atoms. The minimum atomic E-state index is -0.728. The molecule has 92 valence electrons. The number of carbonyl (C=O) groups is 1. The van der Waals surface area contributed by atoms with Gasteiger partial charge in [0.25, 0.3) is 0 Å². The lowest BCUT2D eigenvalue weighted by Crippen LogP contribution is -2.28. The molecule has 1 atom stereocenters. The number of carbonyl (C=O) groups excluding carboxylic acids is 1. The van der Waals surface area contributed by atoms with Crippen LogP contribution < -0.4 is 0 Å². The fourth-order valence-electron chi connectivity index (χ4n) is 1.37. The molecule has 0 aliphatic heterocycles. The Bertz CT molecular complexity index is 422. The summed E-state index contributed by atoms with van der Waals surface area (Å²) in [7, 11) is 0. The Morgan fingerprint density at radius 1 is 1.53 bits per heavy atom. The van der Waals surface area contributed by atoms with Crippen LogP contribution in [0.1, 0.15) is 37.9 Å². The Morgan fingerprint density at radius 3 is 2.65 bits per heavy atom. The summed E-state index contributed by atoms with van der Waals surface area (Å²) in [5, 5.41) is 7.34. The number of aromatic nitrogens is 1. The Balaban J connectivity index is 2.92. The van der Waals surface area contributed by atoms with E-state index in [1.807, 2.05) is 13.0 Å². The standard InChI is InChI=1S/C13H18N2O2/c1-9-5-6-15-11(7-9)10(8-14)12(16)17-13(2,3)4/h5-8,10,14H,1-4H3. The number of ether oxygens (including phenoxy) is 1. The lowest BCUT2D eigenvalue weighted by molar-refractivity contribution is -0.154. The van der Waals surface area contributed by atoms with Gasteiger partial charge in [-0.05, 0) is 45.4 Å². The third-order valence-corrected chi connectivity index (χ3v) is 2.08. The Hall–Kier alpha value is -1.71. The average Bonchev–Trinajstić information content (AvgIpc) is 2.15. The molecule has 0 radical (unpaired) electrons. The van der Waals surface area contributed by atoms with Crippen LogP contribution in [0.3, 0.4) is 0 Å². The van der Waals surface area contributed by atoms with Gasteiger partial charge in [0.1, 0.15) is 11.5 Å². The summed E-state index contributed by atoms with van der Waals surface area (Å²) >= 11 is 0. The van der Waals surface area contributed by atoms with Gasteiger partial charge in [-0.3, -0.25) is 9.78 Å². The third kappa shape index (κ3) is 3.98. The van der Waals surface area contributed by atoms with Gasteiger partial charge >= 0.3 is 5.97 Å². The van der Waals surface area contributed by atoms with Crippen molar-refractivity contribution in [2.24, 2.45) is 0 Å². The van der Waals surface area contributed by atoms with Gasteiger partial charge in [0.2, 0.25) is 0 Å². The van der Waals surface area contributed by atoms with Crippen molar-refractivity contribution in [3.05, 3.63) is 29.6 Å². The molecule has 0 aromatic carbocycles. The highest BCUT2D eigenvalue weighted by molar-refractivity contribution is 5.94. The Labute approximate surface area is 102 Å². The molecule has 0 saturated heterocycles. The summed E-state index contributed by atoms with van der Waals surface area (Å²) in [6, 6.07) is 3.64. The fraction of sp³-hybridized carbons (Fsp3) is 0.462. The van der Waals surface area contributed by atoms with E-state index in [0.717, 1.165) is 11.8 Å². The quantitative estimate of drug-likeness (QED) is 0.645. The predicted molar refractivity (Wildman–Crippen MR) is 66.3 cm³/mol. The fourth-order valence-corrected chi connectivity index (χ4v) is 1.37. The van der Waals surface area contributed by atoms with Crippen LogP contribution in [0.2, 0.25) is 0 Å². The lowest BCUT2D eigenvalue weighted by Gasteiger charge is -2.22. The van der Waals surface area contributed by atoms with E-state index < -0.39 is 17.5 Å². The van der Waals surface area contributed by atoms with Gasteiger partial charge in [-0.15, -0.1) is 0 Å². The molecular formula is C13H18N2O2. The predicted octanol–water partition coefficient (Wildman–Crippen LogP) is 2.46. The molecule has 0 amide bonds. The van der Waals surface area contributed by atoms with Crippen LogP contribution in [0, 0.1) is 12.3 Å². The Kier molecular flexibility index (Phi) is 3.99. The van der Waals surface area contributed by atoms with E-state index in [1.165, 1.54) is 0 Å². The van der Waals surface area contributed by atoms with E-state index >= 15 is 0 Å². The van der Waals surface area contributed by atoms with Gasteiger partial charge in [-0.1, -0.05) is 0 Å². The molecule has 1 heterocycles. The van der Waals surface area contributed by atoms with Crippen molar-refractivity contribution in [2.75, 3.05) is 0 Å². The first-order chi connectivity index (χ1) is 7.83. The topological polar surface area (TPSA) is 63.0 Å². The molecule has 1 aromatic rings. The maximum atomic E-state index is 11.9. The van der Waals surface area contributed by atoms with Crippen LogP contribution in [0.4, 0.5) is 0 Å². The highest BCUT2D eigenvalue weighted by atomic mass is 16.6. The van der Waals surface area contributed by atoms with Crippen LogP contribution >= 0.6 is 0 Å². The summed E-state index contributed by atoms with van der Waals surface area (Å²) < 4.78 is 5.25. The summed E-state index contributed by atoms with van der Waals surface area (Å²) in [5.74, 6) is -1.17. The second kappa shape index (κ2) is 5.08. The van der Waals surface area contributed by atoms with Gasteiger partial charge in [-0.25, -0.2) is 0 Å². The van der Waals surface area contributed by atoms with E-state index in [4.69, 9.17) is 10.1 Å². The highest BCUT2D eigenvalue weighted by Gasteiger charge is 2.25. The van der Waals surface area contributed by atoms with Crippen molar-refractivity contribution in [1.82, 2.24) is 4.98 Å². The third-order valence-electron chi connectivity index (χ3n) is 2.08. The number of aryl methyl sites for hydroxylation is 1.